The summed E-state index contributed by atoms with van der Waals surface area (Å²) in [6.45, 7) is 9.59. The van der Waals surface area contributed by atoms with Crippen LogP contribution < -0.4 is 0 Å². The van der Waals surface area contributed by atoms with Gasteiger partial charge in [0.1, 0.15) is 11.3 Å². The maximum absolute atomic E-state index is 13.1. The molecule has 0 bridgehead atoms. The molecule has 2 atom stereocenters. The SMILES string of the molecule is CC(C)(C)OC(=O)N1[C@@H](CC2CCCCC2)[C@H](CCCCCC(=O)O)OC1(C)C. The second-order valence-corrected chi connectivity index (χ2v) is 10.3. The highest BCUT2D eigenvalue weighted by atomic mass is 16.6. The first-order chi connectivity index (χ1) is 13.5. The van der Waals surface area contributed by atoms with E-state index in [0.717, 1.165) is 25.7 Å². The molecule has 0 unspecified atom stereocenters. The zero-order valence-corrected chi connectivity index (χ0v) is 19.0. The number of amides is 1. The zero-order chi connectivity index (χ0) is 21.7. The van der Waals surface area contributed by atoms with Gasteiger partial charge < -0.3 is 14.6 Å². The van der Waals surface area contributed by atoms with Crippen LogP contribution in [0.5, 0.6) is 0 Å². The molecule has 1 saturated heterocycles. The van der Waals surface area contributed by atoms with Gasteiger partial charge in [-0.1, -0.05) is 44.9 Å². The van der Waals surface area contributed by atoms with Crippen molar-refractivity contribution in [2.75, 3.05) is 0 Å². The van der Waals surface area contributed by atoms with Crippen LogP contribution in [0.15, 0.2) is 0 Å². The number of ether oxygens (including phenoxy) is 2. The van der Waals surface area contributed by atoms with Gasteiger partial charge in [-0.15, -0.1) is 0 Å². The summed E-state index contributed by atoms with van der Waals surface area (Å²) in [5.41, 5.74) is -1.25. The highest BCUT2D eigenvalue weighted by molar-refractivity contribution is 5.70. The molecule has 6 heteroatoms. The van der Waals surface area contributed by atoms with E-state index in [-0.39, 0.29) is 24.7 Å². The predicted molar refractivity (Wildman–Crippen MR) is 113 cm³/mol. The molecule has 0 spiro atoms. The Bertz CT molecular complexity index is 548. The van der Waals surface area contributed by atoms with E-state index < -0.39 is 17.3 Å². The standard InChI is InChI=1S/C23H41NO5/c1-22(2,3)29-21(27)24-18(16-17-12-8-6-9-13-17)19(28-23(24,4)5)14-10-7-11-15-20(25)26/h17-19H,6-16H2,1-5H3,(H,25,26)/t18-,19-/m0/s1. The maximum Gasteiger partial charge on any atom is 0.412 e. The third kappa shape index (κ3) is 7.47. The summed E-state index contributed by atoms with van der Waals surface area (Å²) >= 11 is 0. The molecule has 168 valence electrons. The molecule has 1 aliphatic heterocycles. The van der Waals surface area contributed by atoms with Crippen molar-refractivity contribution in [1.82, 2.24) is 4.90 Å². The highest BCUT2D eigenvalue weighted by Crippen LogP contribution is 2.40. The number of nitrogens with zero attached hydrogens (tertiary/aromatic N) is 1. The summed E-state index contributed by atoms with van der Waals surface area (Å²) in [5, 5.41) is 8.82. The van der Waals surface area contributed by atoms with Crippen LogP contribution in [-0.2, 0) is 14.3 Å². The van der Waals surface area contributed by atoms with E-state index in [1.54, 1.807) is 0 Å². The number of hydrogen-bond acceptors (Lipinski definition) is 4. The van der Waals surface area contributed by atoms with E-state index in [0.29, 0.717) is 12.3 Å². The quantitative estimate of drug-likeness (QED) is 0.516. The minimum absolute atomic E-state index is 0.0161. The van der Waals surface area contributed by atoms with Crippen LogP contribution >= 0.6 is 0 Å². The summed E-state index contributed by atoms with van der Waals surface area (Å²) in [6.07, 6.45) is 10.5. The number of carbonyl (C=O) groups is 2. The van der Waals surface area contributed by atoms with Crippen molar-refractivity contribution in [3.05, 3.63) is 0 Å². The molecular formula is C23H41NO5. The maximum atomic E-state index is 13.1. The van der Waals surface area contributed by atoms with Crippen LogP contribution in [0.2, 0.25) is 0 Å². The van der Waals surface area contributed by atoms with Gasteiger partial charge in [0.15, 0.2) is 0 Å². The van der Waals surface area contributed by atoms with E-state index in [1.165, 1.54) is 32.1 Å². The summed E-state index contributed by atoms with van der Waals surface area (Å²) in [5.74, 6) is -0.111. The van der Waals surface area contributed by atoms with Crippen LogP contribution in [0.25, 0.3) is 0 Å². The number of unbranched alkanes of at least 4 members (excludes halogenated alkanes) is 2. The molecule has 1 N–H and O–H groups in total. The minimum atomic E-state index is -0.741. The molecule has 2 rings (SSSR count). The number of rotatable bonds is 8. The molecule has 0 aromatic rings. The fourth-order valence-electron chi connectivity index (χ4n) is 4.81. The first-order valence-corrected chi connectivity index (χ1v) is 11.4. The Balaban J connectivity index is 2.08. The molecule has 0 aromatic heterocycles. The lowest BCUT2D eigenvalue weighted by atomic mass is 9.83. The fraction of sp³-hybridized carbons (Fsp3) is 0.913. The Morgan fingerprint density at radius 1 is 1.10 bits per heavy atom. The predicted octanol–water partition coefficient (Wildman–Crippen LogP) is 5.73. The van der Waals surface area contributed by atoms with Crippen LogP contribution in [0, 0.1) is 5.92 Å². The smallest absolute Gasteiger partial charge is 0.412 e. The van der Waals surface area contributed by atoms with Crippen molar-refractivity contribution in [3.8, 4) is 0 Å². The third-order valence-corrected chi connectivity index (χ3v) is 6.05. The molecule has 1 saturated carbocycles. The fourth-order valence-corrected chi connectivity index (χ4v) is 4.81. The Kier molecular flexibility index (Phi) is 8.38. The lowest BCUT2D eigenvalue weighted by Crippen LogP contribution is -2.50. The third-order valence-electron chi connectivity index (χ3n) is 6.05. The first kappa shape index (κ1) is 24.0. The Morgan fingerprint density at radius 3 is 2.34 bits per heavy atom. The average molecular weight is 412 g/mol. The van der Waals surface area contributed by atoms with E-state index >= 15 is 0 Å². The van der Waals surface area contributed by atoms with E-state index in [1.807, 2.05) is 39.5 Å². The molecular weight excluding hydrogens is 370 g/mol. The van der Waals surface area contributed by atoms with Crippen molar-refractivity contribution in [2.45, 2.75) is 129 Å². The lowest BCUT2D eigenvalue weighted by molar-refractivity contribution is -0.137. The second-order valence-electron chi connectivity index (χ2n) is 10.3. The monoisotopic (exact) mass is 411 g/mol. The molecule has 0 aromatic carbocycles. The normalized spacial score (nSPS) is 25.2. The number of carboxylic acids is 1. The average Bonchev–Trinajstić information content (AvgIpc) is 2.83. The molecule has 0 radical (unpaired) electrons. The van der Waals surface area contributed by atoms with Crippen LogP contribution in [0.1, 0.15) is 105 Å². The molecule has 6 nitrogen and oxygen atoms in total. The molecule has 2 aliphatic rings. The number of carboxylic acid groups (broad SMARTS) is 1. The Morgan fingerprint density at radius 2 is 1.76 bits per heavy atom. The van der Waals surface area contributed by atoms with Gasteiger partial charge in [0.25, 0.3) is 0 Å². The van der Waals surface area contributed by atoms with Gasteiger partial charge in [-0.2, -0.15) is 0 Å². The van der Waals surface area contributed by atoms with Crippen molar-refractivity contribution in [2.24, 2.45) is 5.92 Å². The highest BCUT2D eigenvalue weighted by Gasteiger charge is 2.51. The molecule has 1 heterocycles. The van der Waals surface area contributed by atoms with Crippen molar-refractivity contribution >= 4 is 12.1 Å². The summed E-state index contributed by atoms with van der Waals surface area (Å²) in [7, 11) is 0. The van der Waals surface area contributed by atoms with Gasteiger partial charge in [-0.3, -0.25) is 9.69 Å². The lowest BCUT2D eigenvalue weighted by Gasteiger charge is -2.37. The van der Waals surface area contributed by atoms with Crippen LogP contribution in [0.4, 0.5) is 4.79 Å². The zero-order valence-electron chi connectivity index (χ0n) is 19.0. The number of hydrogen-bond donors (Lipinski definition) is 1. The Hall–Kier alpha value is -1.30. The molecule has 1 amide bonds. The van der Waals surface area contributed by atoms with Gasteiger partial charge >= 0.3 is 12.1 Å². The first-order valence-electron chi connectivity index (χ1n) is 11.4. The number of aliphatic carboxylic acids is 1. The minimum Gasteiger partial charge on any atom is -0.481 e. The van der Waals surface area contributed by atoms with Crippen LogP contribution in [0.3, 0.4) is 0 Å². The van der Waals surface area contributed by atoms with Gasteiger partial charge in [-0.05, 0) is 59.8 Å². The molecule has 29 heavy (non-hydrogen) atoms. The van der Waals surface area contributed by atoms with Gasteiger partial charge in [-0.25, -0.2) is 4.79 Å². The summed E-state index contributed by atoms with van der Waals surface area (Å²) in [4.78, 5) is 25.7. The van der Waals surface area contributed by atoms with Crippen molar-refractivity contribution < 1.29 is 24.2 Å². The topological polar surface area (TPSA) is 76.1 Å². The van der Waals surface area contributed by atoms with Crippen molar-refractivity contribution in [3.63, 3.8) is 0 Å². The summed E-state index contributed by atoms with van der Waals surface area (Å²) < 4.78 is 12.1. The van der Waals surface area contributed by atoms with Crippen molar-refractivity contribution in [1.29, 1.82) is 0 Å². The Labute approximate surface area is 176 Å². The van der Waals surface area contributed by atoms with Gasteiger partial charge in [0.2, 0.25) is 0 Å². The van der Waals surface area contributed by atoms with E-state index in [4.69, 9.17) is 14.6 Å². The largest absolute Gasteiger partial charge is 0.481 e. The summed E-state index contributed by atoms with van der Waals surface area (Å²) in [6, 6.07) is 0.0161. The number of carbonyl (C=O) groups excluding carboxylic acids is 1. The molecule has 2 fully saturated rings. The van der Waals surface area contributed by atoms with Gasteiger partial charge in [0, 0.05) is 6.42 Å². The van der Waals surface area contributed by atoms with Crippen LogP contribution in [-0.4, -0.2) is 45.5 Å². The van der Waals surface area contributed by atoms with Gasteiger partial charge in [0.05, 0.1) is 12.1 Å². The molecule has 1 aliphatic carbocycles. The van der Waals surface area contributed by atoms with E-state index in [9.17, 15) is 9.59 Å². The van der Waals surface area contributed by atoms with E-state index in [2.05, 4.69) is 0 Å². The second kappa shape index (κ2) is 10.1.